The van der Waals surface area contributed by atoms with Crippen LogP contribution in [0.25, 0.3) is 0 Å². The van der Waals surface area contributed by atoms with Crippen LogP contribution in [0.15, 0.2) is 22.2 Å². The lowest BCUT2D eigenvalue weighted by atomic mass is 10.2. The highest BCUT2D eigenvalue weighted by Gasteiger charge is 2.23. The summed E-state index contributed by atoms with van der Waals surface area (Å²) in [5.41, 5.74) is 0. The molecule has 0 radical (unpaired) electrons. The summed E-state index contributed by atoms with van der Waals surface area (Å²) in [6, 6.07) is 0. The third-order valence-corrected chi connectivity index (χ3v) is 1.96. The summed E-state index contributed by atoms with van der Waals surface area (Å²) in [5, 5.41) is 1.16. The van der Waals surface area contributed by atoms with E-state index < -0.39 is 4.33 Å². The third kappa shape index (κ3) is 2.35. The molecule has 0 nitrogen and oxygen atoms in total. The number of hydrogen-bond acceptors (Lipinski definition) is 0. The molecule has 56 valence electrons. The molecule has 0 bridgehead atoms. The van der Waals surface area contributed by atoms with Crippen LogP contribution in [0.1, 0.15) is 6.42 Å². The average Bonchev–Trinajstić information content (AvgIpc) is 1.54. The van der Waals surface area contributed by atoms with Crippen LogP contribution >= 0.6 is 46.4 Å². The summed E-state index contributed by atoms with van der Waals surface area (Å²) in [7, 11) is 0. The molecule has 0 fully saturated rings. The zero-order valence-corrected chi connectivity index (χ0v) is 7.90. The van der Waals surface area contributed by atoms with Gasteiger partial charge in [0.1, 0.15) is 0 Å². The maximum Gasteiger partial charge on any atom is 0.157 e. The molecule has 0 N–H and O–H groups in total. The first-order valence-corrected chi connectivity index (χ1v) is 4.13. The van der Waals surface area contributed by atoms with E-state index in [1.54, 1.807) is 12.2 Å². The first kappa shape index (κ1) is 8.73. The Balaban J connectivity index is 2.88. The maximum atomic E-state index is 5.71. The van der Waals surface area contributed by atoms with Gasteiger partial charge in [-0.25, -0.2) is 0 Å². The van der Waals surface area contributed by atoms with Crippen LogP contribution in [0.3, 0.4) is 0 Å². The van der Waals surface area contributed by atoms with Crippen molar-refractivity contribution in [3.8, 4) is 0 Å². The van der Waals surface area contributed by atoms with Gasteiger partial charge in [-0.2, -0.15) is 0 Å². The van der Waals surface area contributed by atoms with Crippen molar-refractivity contribution in [1.29, 1.82) is 0 Å². The molecule has 1 aliphatic rings. The first-order valence-electron chi connectivity index (χ1n) is 2.62. The number of alkyl halides is 2. The van der Waals surface area contributed by atoms with Crippen molar-refractivity contribution < 1.29 is 0 Å². The minimum Gasteiger partial charge on any atom is -0.0922 e. The van der Waals surface area contributed by atoms with E-state index in [2.05, 4.69) is 0 Å². The summed E-state index contributed by atoms with van der Waals surface area (Å²) in [4.78, 5) is 0. The Morgan fingerprint density at radius 1 is 1.10 bits per heavy atom. The Morgan fingerprint density at radius 2 is 1.50 bits per heavy atom. The summed E-state index contributed by atoms with van der Waals surface area (Å²) in [5.74, 6) is 0. The molecular weight excluding hydrogens is 214 g/mol. The zero-order valence-electron chi connectivity index (χ0n) is 4.87. The molecule has 0 saturated heterocycles. The molecule has 0 saturated carbocycles. The normalized spacial score (nSPS) is 23.6. The average molecular weight is 218 g/mol. The van der Waals surface area contributed by atoms with E-state index in [-0.39, 0.29) is 0 Å². The Kier molecular flexibility index (Phi) is 2.57. The topological polar surface area (TPSA) is 0 Å². The van der Waals surface area contributed by atoms with Crippen molar-refractivity contribution in [2.24, 2.45) is 0 Å². The van der Waals surface area contributed by atoms with Gasteiger partial charge in [0.15, 0.2) is 4.33 Å². The van der Waals surface area contributed by atoms with Gasteiger partial charge in [0.2, 0.25) is 0 Å². The predicted octanol–water partition coefficient (Wildman–Crippen LogP) is 3.81. The monoisotopic (exact) mass is 216 g/mol. The largest absolute Gasteiger partial charge is 0.157 e. The van der Waals surface area contributed by atoms with Gasteiger partial charge in [0, 0.05) is 16.5 Å². The zero-order chi connectivity index (χ0) is 7.78. The molecule has 0 aromatic rings. The van der Waals surface area contributed by atoms with Crippen LogP contribution in [0.4, 0.5) is 0 Å². The second-order valence-corrected chi connectivity index (χ2v) is 4.45. The van der Waals surface area contributed by atoms with Gasteiger partial charge in [0.25, 0.3) is 0 Å². The Bertz CT molecular complexity index is 182. The molecule has 0 atom stereocenters. The van der Waals surface area contributed by atoms with Gasteiger partial charge in [-0.3, -0.25) is 0 Å². The van der Waals surface area contributed by atoms with Crippen molar-refractivity contribution in [2.45, 2.75) is 10.8 Å². The highest BCUT2D eigenvalue weighted by Crippen LogP contribution is 2.36. The van der Waals surface area contributed by atoms with Crippen LogP contribution in [0, 0.1) is 0 Å². The standard InChI is InChI=1S/C6H4Cl4/c7-4-1-5(8)3-6(9,10)2-4/h2-3H,1H2. The van der Waals surface area contributed by atoms with Gasteiger partial charge >= 0.3 is 0 Å². The summed E-state index contributed by atoms with van der Waals surface area (Å²) in [6.07, 6.45) is 3.65. The Labute approximate surface area is 79.4 Å². The second-order valence-electron chi connectivity index (χ2n) is 2.03. The number of halogens is 4. The van der Waals surface area contributed by atoms with Crippen molar-refractivity contribution in [3.63, 3.8) is 0 Å². The van der Waals surface area contributed by atoms with Crippen LogP contribution in [-0.4, -0.2) is 4.33 Å². The lowest BCUT2D eigenvalue weighted by Crippen LogP contribution is -2.08. The minimum atomic E-state index is -1.02. The highest BCUT2D eigenvalue weighted by atomic mass is 35.5. The molecule has 0 aromatic carbocycles. The predicted molar refractivity (Wildman–Crippen MR) is 46.9 cm³/mol. The van der Waals surface area contributed by atoms with Gasteiger partial charge in [-0.1, -0.05) is 46.4 Å². The maximum absolute atomic E-state index is 5.71. The summed E-state index contributed by atoms with van der Waals surface area (Å²) >= 11 is 22.7. The van der Waals surface area contributed by atoms with Gasteiger partial charge in [-0.05, 0) is 12.2 Å². The van der Waals surface area contributed by atoms with Crippen LogP contribution < -0.4 is 0 Å². The molecule has 0 heterocycles. The molecule has 4 heteroatoms. The number of allylic oxidation sites excluding steroid dienone is 4. The molecule has 1 rings (SSSR count). The fourth-order valence-corrected chi connectivity index (χ4v) is 2.17. The lowest BCUT2D eigenvalue weighted by Gasteiger charge is -2.16. The fourth-order valence-electron chi connectivity index (χ4n) is 0.723. The van der Waals surface area contributed by atoms with E-state index in [4.69, 9.17) is 46.4 Å². The van der Waals surface area contributed by atoms with Crippen molar-refractivity contribution in [1.82, 2.24) is 0 Å². The van der Waals surface area contributed by atoms with Crippen molar-refractivity contribution in [2.75, 3.05) is 0 Å². The van der Waals surface area contributed by atoms with Gasteiger partial charge in [-0.15, -0.1) is 0 Å². The summed E-state index contributed by atoms with van der Waals surface area (Å²) < 4.78 is -1.02. The molecule has 0 unspecified atom stereocenters. The fraction of sp³-hybridized carbons (Fsp3) is 0.333. The third-order valence-electron chi connectivity index (χ3n) is 1.04. The van der Waals surface area contributed by atoms with Crippen LogP contribution in [0.2, 0.25) is 0 Å². The minimum absolute atomic E-state index is 0.532. The van der Waals surface area contributed by atoms with E-state index in [1.807, 2.05) is 0 Å². The van der Waals surface area contributed by atoms with Crippen LogP contribution in [0.5, 0.6) is 0 Å². The smallest absolute Gasteiger partial charge is 0.0922 e. The molecule has 0 amide bonds. The van der Waals surface area contributed by atoms with E-state index >= 15 is 0 Å². The molecule has 10 heavy (non-hydrogen) atoms. The van der Waals surface area contributed by atoms with E-state index in [9.17, 15) is 0 Å². The first-order chi connectivity index (χ1) is 4.49. The van der Waals surface area contributed by atoms with Crippen molar-refractivity contribution >= 4 is 46.4 Å². The SMILES string of the molecule is ClC1=CC(Cl)(Cl)C=C(Cl)C1. The van der Waals surface area contributed by atoms with Crippen molar-refractivity contribution in [3.05, 3.63) is 22.2 Å². The highest BCUT2D eigenvalue weighted by molar-refractivity contribution is 6.52. The van der Waals surface area contributed by atoms with Crippen LogP contribution in [-0.2, 0) is 0 Å². The number of hydrogen-bond donors (Lipinski definition) is 0. The molecular formula is C6H4Cl4. The Morgan fingerprint density at radius 3 is 1.80 bits per heavy atom. The van der Waals surface area contributed by atoms with E-state index in [0.717, 1.165) is 0 Å². The Hall–Kier alpha value is 0.640. The van der Waals surface area contributed by atoms with E-state index in [0.29, 0.717) is 16.5 Å². The van der Waals surface area contributed by atoms with Gasteiger partial charge in [0.05, 0.1) is 0 Å². The van der Waals surface area contributed by atoms with Gasteiger partial charge < -0.3 is 0 Å². The molecule has 1 aliphatic carbocycles. The molecule has 0 aliphatic heterocycles. The molecule has 0 spiro atoms. The second kappa shape index (κ2) is 2.94. The quantitative estimate of drug-likeness (QED) is 0.542. The molecule has 0 aromatic heterocycles. The number of rotatable bonds is 0. The van der Waals surface area contributed by atoms with E-state index in [1.165, 1.54) is 0 Å². The summed E-state index contributed by atoms with van der Waals surface area (Å²) in [6.45, 7) is 0. The lowest BCUT2D eigenvalue weighted by molar-refractivity contribution is 1.13.